The van der Waals surface area contributed by atoms with E-state index in [0.717, 1.165) is 44.7 Å². The average molecular weight is 296 g/mol. The van der Waals surface area contributed by atoms with Crippen LogP contribution in [-0.4, -0.2) is 60.7 Å². The van der Waals surface area contributed by atoms with Gasteiger partial charge in [0.1, 0.15) is 0 Å². The third-order valence-electron chi connectivity index (χ3n) is 4.17. The van der Waals surface area contributed by atoms with Gasteiger partial charge in [-0.2, -0.15) is 0 Å². The van der Waals surface area contributed by atoms with Crippen LogP contribution in [0.3, 0.4) is 0 Å². The van der Waals surface area contributed by atoms with Crippen LogP contribution in [0.5, 0.6) is 0 Å². The molecule has 0 unspecified atom stereocenters. The highest BCUT2D eigenvalue weighted by Gasteiger charge is 2.24. The van der Waals surface area contributed by atoms with E-state index in [9.17, 15) is 9.90 Å². The van der Waals surface area contributed by atoms with E-state index in [0.29, 0.717) is 19.6 Å². The number of hydrogen-bond donors (Lipinski definition) is 3. The molecule has 1 aliphatic carbocycles. The number of carbonyl (C=O) groups is 1. The van der Waals surface area contributed by atoms with Crippen LogP contribution in [0.1, 0.15) is 39.0 Å². The number of hydrogen-bond acceptors (Lipinski definition) is 3. The van der Waals surface area contributed by atoms with Gasteiger partial charge in [0.25, 0.3) is 0 Å². The summed E-state index contributed by atoms with van der Waals surface area (Å²) in [5, 5.41) is 15.8. The van der Waals surface area contributed by atoms with Crippen molar-refractivity contribution in [2.45, 2.75) is 45.1 Å². The Morgan fingerprint density at radius 2 is 2.14 bits per heavy atom. The highest BCUT2D eigenvalue weighted by molar-refractivity contribution is 5.80. The van der Waals surface area contributed by atoms with Gasteiger partial charge >= 0.3 is 0 Å². The van der Waals surface area contributed by atoms with Crippen LogP contribution in [0.4, 0.5) is 0 Å². The first-order chi connectivity index (χ1) is 10.2. The second kappa shape index (κ2) is 8.22. The Morgan fingerprint density at radius 3 is 2.71 bits per heavy atom. The Balaban J connectivity index is 1.66. The van der Waals surface area contributed by atoms with Gasteiger partial charge in [0.15, 0.2) is 5.96 Å². The molecule has 1 atom stereocenters. The molecular formula is C15H28N4O2. The maximum atomic E-state index is 11.7. The van der Waals surface area contributed by atoms with E-state index in [1.165, 1.54) is 6.42 Å². The number of nitrogens with zero attached hydrogens (tertiary/aromatic N) is 2. The van der Waals surface area contributed by atoms with Gasteiger partial charge in [-0.1, -0.05) is 6.42 Å². The third-order valence-corrected chi connectivity index (χ3v) is 4.17. The molecule has 0 spiro atoms. The molecule has 3 N–H and O–H groups in total. The molecule has 2 aliphatic rings. The highest BCUT2D eigenvalue weighted by Crippen LogP contribution is 2.25. The summed E-state index contributed by atoms with van der Waals surface area (Å²) in [5.74, 6) is 1.34. The van der Waals surface area contributed by atoms with Crippen LogP contribution in [0.2, 0.25) is 0 Å². The van der Waals surface area contributed by atoms with Crippen LogP contribution in [0.25, 0.3) is 0 Å². The maximum absolute atomic E-state index is 11.7. The lowest BCUT2D eigenvalue weighted by atomic mass is 9.85. The van der Waals surface area contributed by atoms with Crippen molar-refractivity contribution in [2.24, 2.45) is 10.9 Å². The average Bonchev–Trinajstić information content (AvgIpc) is 2.81. The van der Waals surface area contributed by atoms with E-state index in [4.69, 9.17) is 0 Å². The van der Waals surface area contributed by atoms with Crippen molar-refractivity contribution in [3.05, 3.63) is 0 Å². The van der Waals surface area contributed by atoms with E-state index in [1.807, 2.05) is 6.92 Å². The summed E-state index contributed by atoms with van der Waals surface area (Å²) >= 11 is 0. The zero-order valence-corrected chi connectivity index (χ0v) is 13.0. The normalized spacial score (nSPS) is 23.0. The smallest absolute Gasteiger partial charge is 0.223 e. The zero-order valence-electron chi connectivity index (χ0n) is 13.0. The fourth-order valence-electron chi connectivity index (χ4n) is 2.65. The van der Waals surface area contributed by atoms with Gasteiger partial charge in [0.05, 0.1) is 6.10 Å². The van der Waals surface area contributed by atoms with Gasteiger partial charge in [0, 0.05) is 38.6 Å². The SMILES string of the molecule is CCNC(=NCCCNC(=O)C1CCC1)N1CC[C@@H](O)C1. The minimum Gasteiger partial charge on any atom is -0.391 e. The first kappa shape index (κ1) is 16.1. The monoisotopic (exact) mass is 296 g/mol. The van der Waals surface area contributed by atoms with E-state index in [1.54, 1.807) is 0 Å². The Labute approximate surface area is 127 Å². The molecular weight excluding hydrogens is 268 g/mol. The van der Waals surface area contributed by atoms with Crippen LogP contribution < -0.4 is 10.6 Å². The van der Waals surface area contributed by atoms with Crippen molar-refractivity contribution in [1.29, 1.82) is 0 Å². The number of guanidine groups is 1. The number of amides is 1. The first-order valence-electron chi connectivity index (χ1n) is 8.19. The van der Waals surface area contributed by atoms with Gasteiger partial charge in [-0.15, -0.1) is 0 Å². The lowest BCUT2D eigenvalue weighted by Gasteiger charge is -2.24. The molecule has 2 fully saturated rings. The van der Waals surface area contributed by atoms with Gasteiger partial charge in [-0.05, 0) is 32.6 Å². The summed E-state index contributed by atoms with van der Waals surface area (Å²) < 4.78 is 0. The molecule has 6 nitrogen and oxygen atoms in total. The lowest BCUT2D eigenvalue weighted by Crippen LogP contribution is -2.40. The van der Waals surface area contributed by atoms with E-state index in [-0.39, 0.29) is 17.9 Å². The molecule has 0 aromatic carbocycles. The maximum Gasteiger partial charge on any atom is 0.223 e. The van der Waals surface area contributed by atoms with Crippen molar-refractivity contribution in [3.63, 3.8) is 0 Å². The number of aliphatic imine (C=N–C) groups is 1. The van der Waals surface area contributed by atoms with Crippen LogP contribution in [0.15, 0.2) is 4.99 Å². The minimum absolute atomic E-state index is 0.208. The predicted molar refractivity (Wildman–Crippen MR) is 83.1 cm³/mol. The number of nitrogens with one attached hydrogen (secondary N) is 2. The molecule has 1 saturated heterocycles. The van der Waals surface area contributed by atoms with E-state index in [2.05, 4.69) is 20.5 Å². The molecule has 0 aromatic rings. The largest absolute Gasteiger partial charge is 0.391 e. The lowest BCUT2D eigenvalue weighted by molar-refractivity contribution is -0.127. The predicted octanol–water partition coefficient (Wildman–Crippen LogP) is 0.325. The summed E-state index contributed by atoms with van der Waals surface area (Å²) in [5.41, 5.74) is 0. The summed E-state index contributed by atoms with van der Waals surface area (Å²) in [6, 6.07) is 0. The van der Waals surface area contributed by atoms with Crippen molar-refractivity contribution < 1.29 is 9.90 Å². The van der Waals surface area contributed by atoms with Crippen molar-refractivity contribution in [3.8, 4) is 0 Å². The Kier molecular flexibility index (Phi) is 6.29. The molecule has 0 bridgehead atoms. The zero-order chi connectivity index (χ0) is 15.1. The molecule has 2 rings (SSSR count). The second-order valence-electron chi connectivity index (χ2n) is 5.90. The molecule has 1 heterocycles. The molecule has 1 aliphatic heterocycles. The van der Waals surface area contributed by atoms with Gasteiger partial charge in [-0.3, -0.25) is 9.79 Å². The standard InChI is InChI=1S/C15H28N4O2/c1-2-16-15(19-10-7-13(20)11-19)18-9-4-8-17-14(21)12-5-3-6-12/h12-13,20H,2-11H2,1H3,(H,16,18)(H,17,21)/t13-/m1/s1. The van der Waals surface area contributed by atoms with Gasteiger partial charge in [-0.25, -0.2) is 0 Å². The Bertz CT molecular complexity index is 369. The number of likely N-dealkylation sites (tertiary alicyclic amines) is 1. The minimum atomic E-state index is -0.240. The van der Waals surface area contributed by atoms with Crippen LogP contribution >= 0.6 is 0 Å². The quantitative estimate of drug-likeness (QED) is 0.375. The molecule has 1 amide bonds. The van der Waals surface area contributed by atoms with Crippen molar-refractivity contribution in [2.75, 3.05) is 32.7 Å². The number of aliphatic hydroxyl groups excluding tert-OH is 1. The highest BCUT2D eigenvalue weighted by atomic mass is 16.3. The third kappa shape index (κ3) is 4.88. The summed E-state index contributed by atoms with van der Waals surface area (Å²) in [6.07, 6.45) is 4.70. The van der Waals surface area contributed by atoms with E-state index < -0.39 is 0 Å². The second-order valence-corrected chi connectivity index (χ2v) is 5.90. The Hall–Kier alpha value is -1.30. The van der Waals surface area contributed by atoms with E-state index >= 15 is 0 Å². The van der Waals surface area contributed by atoms with Crippen LogP contribution in [0, 0.1) is 5.92 Å². The molecule has 0 aromatic heterocycles. The summed E-state index contributed by atoms with van der Waals surface area (Å²) in [4.78, 5) is 18.3. The molecule has 1 saturated carbocycles. The Morgan fingerprint density at radius 1 is 1.33 bits per heavy atom. The van der Waals surface area contributed by atoms with Crippen molar-refractivity contribution in [1.82, 2.24) is 15.5 Å². The van der Waals surface area contributed by atoms with Gasteiger partial charge < -0.3 is 20.6 Å². The number of aliphatic hydroxyl groups is 1. The van der Waals surface area contributed by atoms with Crippen molar-refractivity contribution >= 4 is 11.9 Å². The molecule has 21 heavy (non-hydrogen) atoms. The first-order valence-corrected chi connectivity index (χ1v) is 8.19. The molecule has 0 radical (unpaired) electrons. The summed E-state index contributed by atoms with van der Waals surface area (Å²) in [6.45, 7) is 5.76. The summed E-state index contributed by atoms with van der Waals surface area (Å²) in [7, 11) is 0. The fourth-order valence-corrected chi connectivity index (χ4v) is 2.65. The number of rotatable bonds is 6. The van der Waals surface area contributed by atoms with Crippen LogP contribution in [-0.2, 0) is 4.79 Å². The fraction of sp³-hybridized carbons (Fsp3) is 0.867. The number of β-amino-alcohol motifs (C(OH)–C–C–N with tert-alkyl or cyclic N) is 1. The topological polar surface area (TPSA) is 77.0 Å². The van der Waals surface area contributed by atoms with Gasteiger partial charge in [0.2, 0.25) is 5.91 Å². The molecule has 6 heteroatoms. The molecule has 120 valence electrons. The number of carbonyl (C=O) groups excluding carboxylic acids is 1.